The van der Waals surface area contributed by atoms with Crippen LogP contribution in [0.2, 0.25) is 5.02 Å². The van der Waals surface area contributed by atoms with E-state index in [0.29, 0.717) is 24.7 Å². The highest BCUT2D eigenvalue weighted by molar-refractivity contribution is 7.19. The van der Waals surface area contributed by atoms with Crippen LogP contribution in [0.3, 0.4) is 0 Å². The molecule has 0 saturated carbocycles. The van der Waals surface area contributed by atoms with Gasteiger partial charge in [0.15, 0.2) is 11.9 Å². The zero-order valence-electron chi connectivity index (χ0n) is 17.6. The second-order valence-electron chi connectivity index (χ2n) is 8.86. The van der Waals surface area contributed by atoms with Gasteiger partial charge in [0, 0.05) is 64.3 Å². The maximum atomic E-state index is 10.8. The largest absolute Gasteiger partial charge is 0.481 e. The van der Waals surface area contributed by atoms with Gasteiger partial charge in [-0.25, -0.2) is 0 Å². The summed E-state index contributed by atoms with van der Waals surface area (Å²) in [4.78, 5) is 5.40. The van der Waals surface area contributed by atoms with Crippen molar-refractivity contribution in [2.45, 2.75) is 31.1 Å². The van der Waals surface area contributed by atoms with Gasteiger partial charge < -0.3 is 24.4 Å². The van der Waals surface area contributed by atoms with Crippen molar-refractivity contribution >= 4 is 33.2 Å². The van der Waals surface area contributed by atoms with Crippen molar-refractivity contribution in [1.29, 1.82) is 0 Å². The summed E-state index contributed by atoms with van der Waals surface area (Å²) < 4.78 is 18.5. The number of hydrogen-bond acceptors (Lipinski definition) is 8. The number of pyridine rings is 1. The number of benzene rings is 1. The van der Waals surface area contributed by atoms with E-state index in [4.69, 9.17) is 25.6 Å². The summed E-state index contributed by atoms with van der Waals surface area (Å²) in [6, 6.07) is 7.84. The molecular formula is C24H20ClN3O4S. The number of nitrogens with one attached hydrogen (secondary N) is 1. The van der Waals surface area contributed by atoms with Crippen LogP contribution in [-0.4, -0.2) is 35.0 Å². The normalized spacial score (nSPS) is 20.8. The molecule has 1 fully saturated rings. The minimum atomic E-state index is -0.931. The van der Waals surface area contributed by atoms with E-state index in [0.717, 1.165) is 74.1 Å². The summed E-state index contributed by atoms with van der Waals surface area (Å²) in [6.07, 6.45) is 3.08. The second-order valence-corrected chi connectivity index (χ2v) is 10.3. The molecule has 1 atom stereocenters. The van der Waals surface area contributed by atoms with Gasteiger partial charge in [-0.15, -0.1) is 11.3 Å². The first-order valence-corrected chi connectivity index (χ1v) is 12.2. The third kappa shape index (κ3) is 3.05. The lowest BCUT2D eigenvalue weighted by Crippen LogP contribution is -2.45. The summed E-state index contributed by atoms with van der Waals surface area (Å²) in [7, 11) is 0. The van der Waals surface area contributed by atoms with E-state index in [1.54, 1.807) is 17.5 Å². The molecule has 0 spiro atoms. The fraction of sp³-hybridized carbons (Fsp3) is 0.333. The van der Waals surface area contributed by atoms with E-state index in [2.05, 4.69) is 15.5 Å². The molecule has 7 rings (SSSR count). The Morgan fingerprint density at radius 3 is 2.97 bits per heavy atom. The Kier molecular flexibility index (Phi) is 4.38. The van der Waals surface area contributed by atoms with Crippen LogP contribution in [0.25, 0.3) is 21.3 Å². The molecular weight excluding hydrogens is 462 g/mol. The predicted octanol–water partition coefficient (Wildman–Crippen LogP) is 4.14. The Hall–Kier alpha value is -2.49. The number of thiophene rings is 1. The number of ether oxygens (including phenoxy) is 2. The number of aromatic nitrogens is 2. The van der Waals surface area contributed by atoms with Crippen LogP contribution >= 0.6 is 22.9 Å². The van der Waals surface area contributed by atoms with Crippen molar-refractivity contribution in [3.8, 4) is 16.9 Å². The van der Waals surface area contributed by atoms with Crippen LogP contribution in [0.4, 0.5) is 0 Å². The van der Waals surface area contributed by atoms with Gasteiger partial charge >= 0.3 is 0 Å². The molecule has 9 heteroatoms. The molecule has 0 bridgehead atoms. The number of nitrogens with zero attached hydrogens (tertiary/aromatic N) is 2. The number of fused-ring (bicyclic) bond motifs is 3. The fourth-order valence-corrected chi connectivity index (χ4v) is 6.35. The Labute approximate surface area is 198 Å². The van der Waals surface area contributed by atoms with Crippen LogP contribution in [-0.2, 0) is 29.7 Å². The highest BCUT2D eigenvalue weighted by atomic mass is 35.5. The molecule has 0 aliphatic carbocycles. The lowest BCUT2D eigenvalue weighted by molar-refractivity contribution is -0.182. The van der Waals surface area contributed by atoms with Crippen LogP contribution in [0, 0.1) is 0 Å². The number of hydrogen-bond donors (Lipinski definition) is 2. The number of halogens is 1. The average molecular weight is 482 g/mol. The summed E-state index contributed by atoms with van der Waals surface area (Å²) in [5, 5.41) is 19.1. The average Bonchev–Trinajstić information content (AvgIpc) is 3.52. The van der Waals surface area contributed by atoms with Gasteiger partial charge in [-0.1, -0.05) is 16.8 Å². The van der Waals surface area contributed by atoms with Gasteiger partial charge in [0.2, 0.25) is 0 Å². The maximum Gasteiger partial charge on any atom is 0.182 e. The van der Waals surface area contributed by atoms with Crippen molar-refractivity contribution in [3.05, 3.63) is 62.9 Å². The Morgan fingerprint density at radius 2 is 2.12 bits per heavy atom. The monoisotopic (exact) mass is 481 g/mol. The van der Waals surface area contributed by atoms with Crippen LogP contribution < -0.4 is 10.1 Å². The third-order valence-electron chi connectivity index (χ3n) is 6.67. The van der Waals surface area contributed by atoms with Gasteiger partial charge in [-0.2, -0.15) is 0 Å². The van der Waals surface area contributed by atoms with Crippen molar-refractivity contribution in [3.63, 3.8) is 0 Å². The molecule has 168 valence electrons. The Morgan fingerprint density at radius 1 is 1.21 bits per heavy atom. The minimum Gasteiger partial charge on any atom is -0.481 e. The molecule has 3 aliphatic rings. The minimum absolute atomic E-state index is 0.238. The van der Waals surface area contributed by atoms with Gasteiger partial charge in [-0.05, 0) is 24.3 Å². The van der Waals surface area contributed by atoms with Crippen LogP contribution in [0.15, 0.2) is 35.0 Å². The molecule has 0 unspecified atom stereocenters. The molecule has 1 aromatic carbocycles. The van der Waals surface area contributed by atoms with Crippen molar-refractivity contribution in [1.82, 2.24) is 15.5 Å². The Bertz CT molecular complexity index is 1410. The SMILES string of the molecule is OC1(c2cc3nccc(-c4cc(Cl)cc5c4O[C@@H](c4onc6c4CNCC6)C5)c3s2)COC1. The second kappa shape index (κ2) is 7.25. The lowest BCUT2D eigenvalue weighted by atomic mass is 9.98. The zero-order valence-corrected chi connectivity index (χ0v) is 19.1. The highest BCUT2D eigenvalue weighted by Gasteiger charge is 2.40. The van der Waals surface area contributed by atoms with E-state index in [9.17, 15) is 5.11 Å². The summed E-state index contributed by atoms with van der Waals surface area (Å²) in [5.74, 6) is 1.60. The van der Waals surface area contributed by atoms with Crippen LogP contribution in [0.1, 0.15) is 33.6 Å². The smallest absolute Gasteiger partial charge is 0.182 e. The predicted molar refractivity (Wildman–Crippen MR) is 124 cm³/mol. The van der Waals surface area contributed by atoms with Crippen LogP contribution in [0.5, 0.6) is 5.75 Å². The number of rotatable bonds is 3. The van der Waals surface area contributed by atoms with Crippen molar-refractivity contribution in [2.24, 2.45) is 0 Å². The molecule has 33 heavy (non-hydrogen) atoms. The quantitative estimate of drug-likeness (QED) is 0.454. The van der Waals surface area contributed by atoms with E-state index >= 15 is 0 Å². The first-order valence-electron chi connectivity index (χ1n) is 11.0. The maximum absolute atomic E-state index is 10.8. The zero-order chi connectivity index (χ0) is 22.2. The Balaban J connectivity index is 1.32. The van der Waals surface area contributed by atoms with E-state index in [1.807, 2.05) is 24.3 Å². The molecule has 3 aromatic heterocycles. The van der Waals surface area contributed by atoms with E-state index < -0.39 is 5.60 Å². The molecule has 3 aliphatic heterocycles. The molecule has 0 amide bonds. The lowest BCUT2D eigenvalue weighted by Gasteiger charge is -2.35. The first kappa shape index (κ1) is 19.9. The molecule has 0 radical (unpaired) electrons. The standard InChI is InChI=1S/C24H20ClN3O4S/c25-13-5-12-6-19(22-16-9-26-3-2-17(16)28-32-22)31-21(12)15(7-13)14-1-4-27-18-8-20(33-23(14)18)24(29)10-30-11-24/h1,4-5,7-8,19,26,29H,2-3,6,9-11H2/t19-/m1/s1. The summed E-state index contributed by atoms with van der Waals surface area (Å²) in [5.41, 5.74) is 4.98. The molecule has 4 aromatic rings. The first-order chi connectivity index (χ1) is 16.1. The van der Waals surface area contributed by atoms with E-state index in [1.165, 1.54) is 0 Å². The topological polar surface area (TPSA) is 89.6 Å². The molecule has 1 saturated heterocycles. The van der Waals surface area contributed by atoms with Gasteiger partial charge in [0.25, 0.3) is 0 Å². The number of aliphatic hydroxyl groups is 1. The molecule has 2 N–H and O–H groups in total. The molecule has 6 heterocycles. The highest BCUT2D eigenvalue weighted by Crippen LogP contribution is 2.49. The van der Waals surface area contributed by atoms with Crippen molar-refractivity contribution in [2.75, 3.05) is 19.8 Å². The van der Waals surface area contributed by atoms with Crippen molar-refractivity contribution < 1.29 is 19.1 Å². The van der Waals surface area contributed by atoms with Gasteiger partial charge in [0.05, 0.1) is 29.1 Å². The fourth-order valence-electron chi connectivity index (χ4n) is 4.90. The summed E-state index contributed by atoms with van der Waals surface area (Å²) in [6.45, 7) is 2.27. The summed E-state index contributed by atoms with van der Waals surface area (Å²) >= 11 is 8.10. The van der Waals surface area contributed by atoms with Gasteiger partial charge in [0.1, 0.15) is 11.4 Å². The van der Waals surface area contributed by atoms with E-state index in [-0.39, 0.29) is 6.10 Å². The third-order valence-corrected chi connectivity index (χ3v) is 8.24. The molecule has 7 nitrogen and oxygen atoms in total. The van der Waals surface area contributed by atoms with Gasteiger partial charge in [-0.3, -0.25) is 4.98 Å².